The lowest BCUT2D eigenvalue weighted by atomic mass is 9.97. The Morgan fingerprint density at radius 2 is 2.05 bits per heavy atom. The first kappa shape index (κ1) is 13.7. The van der Waals surface area contributed by atoms with Crippen LogP contribution >= 0.6 is 0 Å². The summed E-state index contributed by atoms with van der Waals surface area (Å²) in [6.07, 6.45) is 2.14. The second-order valence-corrected chi connectivity index (χ2v) is 5.08. The minimum absolute atomic E-state index is 0.0462. The van der Waals surface area contributed by atoms with Crippen LogP contribution in [-0.4, -0.2) is 47.7 Å². The van der Waals surface area contributed by atoms with Gasteiger partial charge in [0.1, 0.15) is 11.5 Å². The lowest BCUT2D eigenvalue weighted by Crippen LogP contribution is -2.37. The Morgan fingerprint density at radius 3 is 2.68 bits per heavy atom. The number of amides is 1. The molecule has 1 amide bonds. The number of aromatic hydroxyl groups is 2. The summed E-state index contributed by atoms with van der Waals surface area (Å²) in [5, 5.41) is 22.2. The number of carbonyl (C=O) groups is 1. The monoisotopic (exact) mass is 264 g/mol. The number of hydrogen-bond donors (Lipinski definition) is 3. The highest BCUT2D eigenvalue weighted by Crippen LogP contribution is 2.24. The lowest BCUT2D eigenvalue weighted by molar-refractivity contribution is 0.0760. The Bertz CT molecular complexity index is 456. The summed E-state index contributed by atoms with van der Waals surface area (Å²) in [7, 11) is 1.75. The van der Waals surface area contributed by atoms with E-state index in [0.29, 0.717) is 12.5 Å². The number of phenolic OH excluding ortho intramolecular Hbond substituents is 2. The summed E-state index contributed by atoms with van der Waals surface area (Å²) < 4.78 is 0. The molecule has 3 N–H and O–H groups in total. The summed E-state index contributed by atoms with van der Waals surface area (Å²) >= 11 is 0. The van der Waals surface area contributed by atoms with Gasteiger partial charge in [-0.15, -0.1) is 0 Å². The largest absolute Gasteiger partial charge is 0.508 e. The van der Waals surface area contributed by atoms with Gasteiger partial charge in [-0.3, -0.25) is 4.79 Å². The van der Waals surface area contributed by atoms with E-state index in [9.17, 15) is 15.0 Å². The number of phenols is 2. The van der Waals surface area contributed by atoms with Gasteiger partial charge in [0.2, 0.25) is 0 Å². The van der Waals surface area contributed by atoms with Crippen molar-refractivity contribution in [3.63, 3.8) is 0 Å². The van der Waals surface area contributed by atoms with Gasteiger partial charge in [0.05, 0.1) is 5.56 Å². The molecule has 0 atom stereocenters. The number of nitrogens with zero attached hydrogens (tertiary/aromatic N) is 1. The van der Waals surface area contributed by atoms with Crippen molar-refractivity contribution in [1.29, 1.82) is 0 Å². The number of rotatable bonds is 3. The van der Waals surface area contributed by atoms with E-state index in [0.717, 1.165) is 25.9 Å². The van der Waals surface area contributed by atoms with Gasteiger partial charge >= 0.3 is 0 Å². The van der Waals surface area contributed by atoms with Gasteiger partial charge in [0.15, 0.2) is 0 Å². The van der Waals surface area contributed by atoms with Crippen molar-refractivity contribution in [3.8, 4) is 11.5 Å². The first-order valence-corrected chi connectivity index (χ1v) is 6.56. The van der Waals surface area contributed by atoms with Crippen LogP contribution in [-0.2, 0) is 0 Å². The van der Waals surface area contributed by atoms with Crippen molar-refractivity contribution in [2.75, 3.05) is 26.7 Å². The average Bonchev–Trinajstić information content (AvgIpc) is 2.39. The summed E-state index contributed by atoms with van der Waals surface area (Å²) in [5.74, 6) is 0.0720. The standard InChI is InChI=1S/C14H20N2O3/c1-16(9-10-4-6-15-7-5-10)14(19)12-3-2-11(17)8-13(12)18/h2-3,8,10,15,17-18H,4-7,9H2,1H3. The van der Waals surface area contributed by atoms with Gasteiger partial charge in [0, 0.05) is 19.7 Å². The van der Waals surface area contributed by atoms with Crippen LogP contribution < -0.4 is 5.32 Å². The number of benzene rings is 1. The minimum Gasteiger partial charge on any atom is -0.508 e. The van der Waals surface area contributed by atoms with Crippen LogP contribution in [0, 0.1) is 5.92 Å². The predicted octanol–water partition coefficient (Wildman–Crippen LogP) is 1.17. The van der Waals surface area contributed by atoms with Crippen molar-refractivity contribution >= 4 is 5.91 Å². The molecule has 19 heavy (non-hydrogen) atoms. The van der Waals surface area contributed by atoms with Gasteiger partial charge in [-0.2, -0.15) is 0 Å². The first-order chi connectivity index (χ1) is 9.08. The second kappa shape index (κ2) is 5.93. The Hall–Kier alpha value is -1.75. The molecule has 0 bridgehead atoms. The quantitative estimate of drug-likeness (QED) is 0.766. The Labute approximate surface area is 112 Å². The number of nitrogens with one attached hydrogen (secondary N) is 1. The minimum atomic E-state index is -0.212. The fraction of sp³-hybridized carbons (Fsp3) is 0.500. The van der Waals surface area contributed by atoms with Gasteiger partial charge < -0.3 is 20.4 Å². The van der Waals surface area contributed by atoms with Crippen molar-refractivity contribution in [3.05, 3.63) is 23.8 Å². The van der Waals surface area contributed by atoms with Crippen LogP contribution in [0.2, 0.25) is 0 Å². The van der Waals surface area contributed by atoms with Crippen molar-refractivity contribution < 1.29 is 15.0 Å². The van der Waals surface area contributed by atoms with E-state index < -0.39 is 0 Å². The third-order valence-electron chi connectivity index (χ3n) is 3.55. The Balaban J connectivity index is 2.01. The number of piperidine rings is 1. The third-order valence-corrected chi connectivity index (χ3v) is 3.55. The normalized spacial score (nSPS) is 16.3. The lowest BCUT2D eigenvalue weighted by Gasteiger charge is -2.27. The highest BCUT2D eigenvalue weighted by molar-refractivity contribution is 5.96. The molecule has 0 radical (unpaired) electrons. The van der Waals surface area contributed by atoms with Crippen molar-refractivity contribution in [2.24, 2.45) is 5.92 Å². The molecule has 5 nitrogen and oxygen atoms in total. The van der Waals surface area contributed by atoms with Crippen LogP contribution in [0.4, 0.5) is 0 Å². The Kier molecular flexibility index (Phi) is 4.27. The molecule has 104 valence electrons. The molecule has 1 aliphatic heterocycles. The van der Waals surface area contributed by atoms with E-state index in [-0.39, 0.29) is 23.0 Å². The number of carbonyl (C=O) groups excluding carboxylic acids is 1. The molecule has 0 spiro atoms. The zero-order valence-corrected chi connectivity index (χ0v) is 11.1. The molecule has 1 fully saturated rings. The van der Waals surface area contributed by atoms with Crippen molar-refractivity contribution in [1.82, 2.24) is 10.2 Å². The predicted molar refractivity (Wildman–Crippen MR) is 72.3 cm³/mol. The van der Waals surface area contributed by atoms with E-state index >= 15 is 0 Å². The zero-order chi connectivity index (χ0) is 13.8. The summed E-state index contributed by atoms with van der Waals surface area (Å²) in [4.78, 5) is 13.9. The number of hydrogen-bond acceptors (Lipinski definition) is 4. The van der Waals surface area contributed by atoms with E-state index in [1.54, 1.807) is 11.9 Å². The topological polar surface area (TPSA) is 72.8 Å². The molecular weight excluding hydrogens is 244 g/mol. The van der Waals surface area contributed by atoms with E-state index in [4.69, 9.17) is 0 Å². The SMILES string of the molecule is CN(CC1CCNCC1)C(=O)c1ccc(O)cc1O. The molecular formula is C14H20N2O3. The molecule has 0 aromatic heterocycles. The molecule has 1 aromatic carbocycles. The average molecular weight is 264 g/mol. The van der Waals surface area contributed by atoms with Gasteiger partial charge in [-0.1, -0.05) is 0 Å². The molecule has 0 saturated carbocycles. The zero-order valence-electron chi connectivity index (χ0n) is 11.1. The highest BCUT2D eigenvalue weighted by Gasteiger charge is 2.20. The molecule has 0 unspecified atom stereocenters. The maximum absolute atomic E-state index is 12.2. The van der Waals surface area contributed by atoms with Gasteiger partial charge in [-0.25, -0.2) is 0 Å². The van der Waals surface area contributed by atoms with E-state index in [1.165, 1.54) is 18.2 Å². The maximum Gasteiger partial charge on any atom is 0.257 e. The second-order valence-electron chi connectivity index (χ2n) is 5.08. The molecule has 1 heterocycles. The summed E-state index contributed by atoms with van der Waals surface area (Å²) in [6.45, 7) is 2.69. The summed E-state index contributed by atoms with van der Waals surface area (Å²) in [6, 6.07) is 4.04. The molecule has 2 rings (SSSR count). The van der Waals surface area contributed by atoms with E-state index in [2.05, 4.69) is 5.32 Å². The van der Waals surface area contributed by atoms with Crippen LogP contribution in [0.1, 0.15) is 23.2 Å². The van der Waals surface area contributed by atoms with Crippen LogP contribution in [0.15, 0.2) is 18.2 Å². The Morgan fingerprint density at radius 1 is 1.37 bits per heavy atom. The molecule has 1 aliphatic rings. The third kappa shape index (κ3) is 3.38. The molecule has 0 aliphatic carbocycles. The van der Waals surface area contributed by atoms with E-state index in [1.807, 2.05) is 0 Å². The van der Waals surface area contributed by atoms with Crippen LogP contribution in [0.3, 0.4) is 0 Å². The van der Waals surface area contributed by atoms with Crippen LogP contribution in [0.5, 0.6) is 11.5 Å². The molecule has 5 heteroatoms. The fourth-order valence-corrected chi connectivity index (χ4v) is 2.44. The molecule has 1 saturated heterocycles. The smallest absolute Gasteiger partial charge is 0.257 e. The molecule has 1 aromatic rings. The maximum atomic E-state index is 12.2. The summed E-state index contributed by atoms with van der Waals surface area (Å²) in [5.41, 5.74) is 0.231. The van der Waals surface area contributed by atoms with Gasteiger partial charge in [0.25, 0.3) is 5.91 Å². The fourth-order valence-electron chi connectivity index (χ4n) is 2.44. The van der Waals surface area contributed by atoms with Crippen LogP contribution in [0.25, 0.3) is 0 Å². The van der Waals surface area contributed by atoms with Gasteiger partial charge in [-0.05, 0) is 44.0 Å². The first-order valence-electron chi connectivity index (χ1n) is 6.56. The highest BCUT2D eigenvalue weighted by atomic mass is 16.3. The van der Waals surface area contributed by atoms with Crippen molar-refractivity contribution in [2.45, 2.75) is 12.8 Å².